The second-order valence-corrected chi connectivity index (χ2v) is 5.84. The smallest absolute Gasteiger partial charge is 0.345 e. The van der Waals surface area contributed by atoms with Crippen LogP contribution < -0.4 is 4.74 Å². The molecule has 0 aliphatic carbocycles. The molecular weight excluding hydrogens is 276 g/mol. The largest absolute Gasteiger partial charge is 0.478 e. The number of hydrogen-bond acceptors (Lipinski definition) is 2. The molecule has 0 bridgehead atoms. The summed E-state index contributed by atoms with van der Waals surface area (Å²) in [5.74, 6) is -0.295. The molecule has 22 heavy (non-hydrogen) atoms. The van der Waals surface area contributed by atoms with E-state index in [1.807, 2.05) is 58.0 Å². The van der Waals surface area contributed by atoms with Gasteiger partial charge in [-0.05, 0) is 56.0 Å². The Balaban J connectivity index is 2.22. The van der Waals surface area contributed by atoms with Crippen molar-refractivity contribution in [1.29, 1.82) is 0 Å². The van der Waals surface area contributed by atoms with Gasteiger partial charge >= 0.3 is 5.97 Å². The number of carbonyl (C=O) groups is 1. The lowest BCUT2D eigenvalue weighted by Crippen LogP contribution is -2.29. The fourth-order valence-electron chi connectivity index (χ4n) is 2.39. The summed E-state index contributed by atoms with van der Waals surface area (Å²) in [5, 5.41) is 9.45. The van der Waals surface area contributed by atoms with Crippen molar-refractivity contribution in [2.24, 2.45) is 0 Å². The van der Waals surface area contributed by atoms with Gasteiger partial charge in [0.15, 0.2) is 6.10 Å². The normalized spacial score (nSPS) is 12.0. The molecular formula is C19H22O3. The van der Waals surface area contributed by atoms with E-state index in [0.29, 0.717) is 12.2 Å². The Morgan fingerprint density at radius 2 is 1.68 bits per heavy atom. The molecule has 0 unspecified atom stereocenters. The van der Waals surface area contributed by atoms with E-state index in [1.165, 1.54) is 0 Å². The quantitative estimate of drug-likeness (QED) is 0.907. The van der Waals surface area contributed by atoms with Crippen LogP contribution in [0.25, 0.3) is 0 Å². The van der Waals surface area contributed by atoms with Crippen molar-refractivity contribution < 1.29 is 14.6 Å². The van der Waals surface area contributed by atoms with Gasteiger partial charge in [0.05, 0.1) is 0 Å². The number of carboxylic acids is 1. The molecule has 2 aromatic rings. The van der Waals surface area contributed by atoms with Crippen LogP contribution >= 0.6 is 0 Å². The molecule has 0 radical (unpaired) electrons. The summed E-state index contributed by atoms with van der Waals surface area (Å²) < 4.78 is 5.80. The van der Waals surface area contributed by atoms with Gasteiger partial charge in [0.25, 0.3) is 0 Å². The fraction of sp³-hybridized carbons (Fsp3) is 0.316. The first-order valence-corrected chi connectivity index (χ1v) is 7.39. The zero-order valence-electron chi connectivity index (χ0n) is 13.5. The van der Waals surface area contributed by atoms with Crippen LogP contribution in [0.3, 0.4) is 0 Å². The maximum atomic E-state index is 11.5. The van der Waals surface area contributed by atoms with E-state index in [-0.39, 0.29) is 0 Å². The molecule has 0 aromatic heterocycles. The van der Waals surface area contributed by atoms with Crippen LogP contribution in [0.4, 0.5) is 0 Å². The average molecular weight is 298 g/mol. The van der Waals surface area contributed by atoms with Crippen molar-refractivity contribution in [3.05, 3.63) is 64.2 Å². The second-order valence-electron chi connectivity index (χ2n) is 5.84. The predicted molar refractivity (Wildman–Crippen MR) is 87.6 cm³/mol. The second kappa shape index (κ2) is 6.65. The van der Waals surface area contributed by atoms with Gasteiger partial charge in [-0.1, -0.05) is 35.9 Å². The summed E-state index contributed by atoms with van der Waals surface area (Å²) >= 11 is 0. The molecule has 2 rings (SSSR count). The number of carboxylic acid groups (broad SMARTS) is 1. The highest BCUT2D eigenvalue weighted by atomic mass is 16.5. The van der Waals surface area contributed by atoms with Crippen LogP contribution in [0.1, 0.15) is 27.8 Å². The molecule has 0 saturated carbocycles. The molecule has 0 fully saturated rings. The Hall–Kier alpha value is -2.29. The Bertz CT molecular complexity index is 672. The van der Waals surface area contributed by atoms with Crippen molar-refractivity contribution in [3.63, 3.8) is 0 Å². The summed E-state index contributed by atoms with van der Waals surface area (Å²) in [6, 6.07) is 11.8. The molecule has 3 heteroatoms. The molecule has 1 N–H and O–H groups in total. The molecule has 0 amide bonds. The van der Waals surface area contributed by atoms with E-state index in [9.17, 15) is 9.90 Å². The first kappa shape index (κ1) is 16.1. The minimum Gasteiger partial charge on any atom is -0.478 e. The number of ether oxygens (including phenoxy) is 1. The first-order valence-electron chi connectivity index (χ1n) is 7.39. The van der Waals surface area contributed by atoms with E-state index < -0.39 is 12.1 Å². The zero-order valence-corrected chi connectivity index (χ0v) is 13.5. The third kappa shape index (κ3) is 3.88. The van der Waals surface area contributed by atoms with Crippen LogP contribution in [0.15, 0.2) is 36.4 Å². The van der Waals surface area contributed by atoms with E-state index in [2.05, 4.69) is 6.07 Å². The molecule has 116 valence electrons. The number of hydrogen-bond donors (Lipinski definition) is 1. The monoisotopic (exact) mass is 298 g/mol. The van der Waals surface area contributed by atoms with Crippen molar-refractivity contribution in [3.8, 4) is 5.75 Å². The van der Waals surface area contributed by atoms with Gasteiger partial charge in [0.2, 0.25) is 0 Å². The molecule has 2 aromatic carbocycles. The number of aliphatic carboxylic acids is 1. The Kier molecular flexibility index (Phi) is 4.86. The molecule has 0 aliphatic rings. The van der Waals surface area contributed by atoms with Crippen LogP contribution in [0, 0.1) is 27.7 Å². The van der Waals surface area contributed by atoms with Crippen LogP contribution in [-0.4, -0.2) is 17.2 Å². The summed E-state index contributed by atoms with van der Waals surface area (Å²) in [6.45, 7) is 7.95. The van der Waals surface area contributed by atoms with E-state index in [1.54, 1.807) is 0 Å². The molecule has 0 spiro atoms. The summed E-state index contributed by atoms with van der Waals surface area (Å²) in [5.41, 5.74) is 5.27. The molecule has 0 aliphatic heterocycles. The van der Waals surface area contributed by atoms with Crippen molar-refractivity contribution in [1.82, 2.24) is 0 Å². The van der Waals surface area contributed by atoms with E-state index in [0.717, 1.165) is 27.8 Å². The van der Waals surface area contributed by atoms with Gasteiger partial charge < -0.3 is 9.84 Å². The van der Waals surface area contributed by atoms with Gasteiger partial charge in [0.1, 0.15) is 5.75 Å². The maximum absolute atomic E-state index is 11.5. The van der Waals surface area contributed by atoms with Crippen LogP contribution in [0.5, 0.6) is 5.75 Å². The highest BCUT2D eigenvalue weighted by molar-refractivity contribution is 5.73. The van der Waals surface area contributed by atoms with Gasteiger partial charge in [-0.15, -0.1) is 0 Å². The van der Waals surface area contributed by atoms with Gasteiger partial charge in [0, 0.05) is 6.42 Å². The molecule has 3 nitrogen and oxygen atoms in total. The number of rotatable bonds is 5. The lowest BCUT2D eigenvalue weighted by molar-refractivity contribution is -0.145. The summed E-state index contributed by atoms with van der Waals surface area (Å²) in [4.78, 5) is 11.5. The maximum Gasteiger partial charge on any atom is 0.345 e. The van der Waals surface area contributed by atoms with Crippen molar-refractivity contribution >= 4 is 5.97 Å². The Labute approximate surface area is 131 Å². The first-order chi connectivity index (χ1) is 10.4. The molecule has 1 atom stereocenters. The number of aryl methyl sites for hydroxylation is 3. The van der Waals surface area contributed by atoms with Gasteiger partial charge in [-0.25, -0.2) is 4.79 Å². The zero-order chi connectivity index (χ0) is 16.3. The Morgan fingerprint density at radius 3 is 2.27 bits per heavy atom. The van der Waals surface area contributed by atoms with Gasteiger partial charge in [-0.3, -0.25) is 0 Å². The lowest BCUT2D eigenvalue weighted by Gasteiger charge is -2.18. The summed E-state index contributed by atoms with van der Waals surface area (Å²) in [7, 11) is 0. The predicted octanol–water partition coefficient (Wildman–Crippen LogP) is 3.99. The third-order valence-electron chi connectivity index (χ3n) is 3.85. The SMILES string of the molecule is Cc1ccc(C[C@H](Oc2cc(C)cc(C)c2C)C(=O)O)cc1. The molecule has 0 saturated heterocycles. The third-order valence-corrected chi connectivity index (χ3v) is 3.85. The van der Waals surface area contributed by atoms with E-state index in [4.69, 9.17) is 4.74 Å². The minimum absolute atomic E-state index is 0.349. The highest BCUT2D eigenvalue weighted by Crippen LogP contribution is 2.25. The minimum atomic E-state index is -0.945. The molecule has 0 heterocycles. The topological polar surface area (TPSA) is 46.5 Å². The van der Waals surface area contributed by atoms with Crippen LogP contribution in [0.2, 0.25) is 0 Å². The van der Waals surface area contributed by atoms with Gasteiger partial charge in [-0.2, -0.15) is 0 Å². The van der Waals surface area contributed by atoms with Crippen molar-refractivity contribution in [2.45, 2.75) is 40.2 Å². The standard InChI is InChI=1S/C19H22O3/c1-12-5-7-16(8-6-12)11-18(19(20)21)22-17-10-13(2)9-14(3)15(17)4/h5-10,18H,11H2,1-4H3,(H,20,21)/t18-/m0/s1. The lowest BCUT2D eigenvalue weighted by atomic mass is 10.0. The average Bonchev–Trinajstić information content (AvgIpc) is 2.45. The fourth-order valence-corrected chi connectivity index (χ4v) is 2.39. The number of benzene rings is 2. The van der Waals surface area contributed by atoms with E-state index >= 15 is 0 Å². The highest BCUT2D eigenvalue weighted by Gasteiger charge is 2.21. The van der Waals surface area contributed by atoms with Crippen LogP contribution in [-0.2, 0) is 11.2 Å². The Morgan fingerprint density at radius 1 is 1.05 bits per heavy atom. The summed E-state index contributed by atoms with van der Waals surface area (Å²) in [6.07, 6.45) is -0.537. The van der Waals surface area contributed by atoms with Crippen molar-refractivity contribution in [2.75, 3.05) is 0 Å².